The normalized spacial score (nSPS) is 20.9. The maximum atomic E-state index is 13.4. The smallest absolute Gasteiger partial charge is 0.255 e. The van der Waals surface area contributed by atoms with Crippen molar-refractivity contribution in [1.29, 1.82) is 0 Å². The molecule has 1 fully saturated rings. The molecule has 20 heavy (non-hydrogen) atoms. The Morgan fingerprint density at radius 3 is 2.90 bits per heavy atom. The summed E-state index contributed by atoms with van der Waals surface area (Å²) in [5, 5.41) is 0.168. The largest absolute Gasteiger partial charge is 0.338 e. The van der Waals surface area contributed by atoms with Crippen molar-refractivity contribution in [3.63, 3.8) is 0 Å². The molecule has 1 heterocycles. The Balaban J connectivity index is 2.21. The van der Waals surface area contributed by atoms with E-state index in [1.165, 1.54) is 12.1 Å². The minimum Gasteiger partial charge on any atom is -0.338 e. The Morgan fingerprint density at radius 1 is 1.55 bits per heavy atom. The fraction of sp³-hybridized carbons (Fsp3) is 0.533. The lowest BCUT2D eigenvalue weighted by Gasteiger charge is -2.34. The highest BCUT2D eigenvalue weighted by atomic mass is 35.5. The summed E-state index contributed by atoms with van der Waals surface area (Å²) in [6, 6.07) is 2.79. The zero-order chi connectivity index (χ0) is 14.9. The Labute approximate surface area is 123 Å². The Kier molecular flexibility index (Phi) is 4.66. The van der Waals surface area contributed by atoms with Crippen LogP contribution in [0, 0.1) is 18.7 Å². The van der Waals surface area contributed by atoms with E-state index in [0.29, 0.717) is 30.1 Å². The van der Waals surface area contributed by atoms with Crippen molar-refractivity contribution in [3.05, 3.63) is 34.1 Å². The number of nitrogens with zero attached hydrogens (tertiary/aromatic N) is 1. The van der Waals surface area contributed by atoms with Gasteiger partial charge in [-0.05, 0) is 50.3 Å². The van der Waals surface area contributed by atoms with Crippen LogP contribution < -0.4 is 5.73 Å². The van der Waals surface area contributed by atoms with Crippen LogP contribution >= 0.6 is 11.6 Å². The molecule has 2 rings (SSSR count). The monoisotopic (exact) mass is 298 g/mol. The van der Waals surface area contributed by atoms with Gasteiger partial charge in [0.15, 0.2) is 0 Å². The molecule has 0 unspecified atom stereocenters. The third kappa shape index (κ3) is 3.13. The first-order valence-electron chi connectivity index (χ1n) is 6.90. The third-order valence-electron chi connectivity index (χ3n) is 3.97. The predicted molar refractivity (Wildman–Crippen MR) is 78.4 cm³/mol. The predicted octanol–water partition coefficient (Wildman–Crippen LogP) is 2.99. The molecule has 1 saturated heterocycles. The highest BCUT2D eigenvalue weighted by molar-refractivity contribution is 6.33. The van der Waals surface area contributed by atoms with Crippen LogP contribution in [0.15, 0.2) is 12.1 Å². The van der Waals surface area contributed by atoms with Gasteiger partial charge in [0.1, 0.15) is 5.82 Å². The molecule has 2 N–H and O–H groups in total. The fourth-order valence-corrected chi connectivity index (χ4v) is 2.85. The lowest BCUT2D eigenvalue weighted by molar-refractivity contribution is 0.0661. The molecule has 0 bridgehead atoms. The third-order valence-corrected chi connectivity index (χ3v) is 4.28. The van der Waals surface area contributed by atoms with E-state index in [1.807, 2.05) is 6.92 Å². The van der Waals surface area contributed by atoms with Gasteiger partial charge in [0.05, 0.1) is 10.6 Å². The average Bonchev–Trinajstić information content (AvgIpc) is 2.42. The van der Waals surface area contributed by atoms with Crippen LogP contribution in [-0.2, 0) is 0 Å². The van der Waals surface area contributed by atoms with Crippen molar-refractivity contribution >= 4 is 17.5 Å². The average molecular weight is 299 g/mol. The van der Waals surface area contributed by atoms with Gasteiger partial charge in [-0.15, -0.1) is 0 Å². The lowest BCUT2D eigenvalue weighted by Crippen LogP contribution is -2.45. The van der Waals surface area contributed by atoms with Crippen LogP contribution in [0.2, 0.25) is 5.02 Å². The van der Waals surface area contributed by atoms with Crippen LogP contribution in [0.1, 0.15) is 35.7 Å². The molecule has 0 spiro atoms. The number of nitrogens with two attached hydrogens (primary N) is 1. The first-order chi connectivity index (χ1) is 9.40. The minimum absolute atomic E-state index is 0.0658. The second kappa shape index (κ2) is 6.10. The van der Waals surface area contributed by atoms with E-state index in [-0.39, 0.29) is 17.0 Å². The number of rotatable bonds is 2. The first-order valence-corrected chi connectivity index (χ1v) is 7.28. The van der Waals surface area contributed by atoms with Crippen LogP contribution in [0.3, 0.4) is 0 Å². The van der Waals surface area contributed by atoms with Gasteiger partial charge in [-0.25, -0.2) is 4.39 Å². The molecule has 1 aromatic rings. The summed E-state index contributed by atoms with van der Waals surface area (Å²) in [7, 11) is 0. The fourth-order valence-electron chi connectivity index (χ4n) is 2.62. The van der Waals surface area contributed by atoms with Crippen LogP contribution in [-0.4, -0.2) is 29.9 Å². The van der Waals surface area contributed by atoms with Crippen molar-refractivity contribution < 1.29 is 9.18 Å². The molecule has 0 saturated carbocycles. The summed E-state index contributed by atoms with van der Waals surface area (Å²) >= 11 is 6.00. The minimum atomic E-state index is -0.390. The number of halogens is 2. The van der Waals surface area contributed by atoms with Gasteiger partial charge < -0.3 is 10.6 Å². The van der Waals surface area contributed by atoms with Crippen LogP contribution in [0.5, 0.6) is 0 Å². The molecule has 1 amide bonds. The second-order valence-electron chi connectivity index (χ2n) is 5.59. The molecule has 0 aromatic heterocycles. The van der Waals surface area contributed by atoms with E-state index < -0.39 is 5.82 Å². The Bertz CT molecular complexity index is 519. The standard InChI is InChI=1S/C15H20ClFN2O/c1-9-6-12(13(16)7-14(9)17)15(20)19-5-3-4-11(8-19)10(2)18/h6-7,10-11H,3-5,8,18H2,1-2H3/t10-,11-/m0/s1. The number of hydrogen-bond acceptors (Lipinski definition) is 2. The summed E-state index contributed by atoms with van der Waals surface area (Å²) in [6.45, 7) is 4.94. The summed E-state index contributed by atoms with van der Waals surface area (Å²) < 4.78 is 13.4. The molecule has 1 aliphatic rings. The molecular weight excluding hydrogens is 279 g/mol. The van der Waals surface area contributed by atoms with Crippen LogP contribution in [0.4, 0.5) is 4.39 Å². The van der Waals surface area contributed by atoms with Crippen molar-refractivity contribution in [1.82, 2.24) is 4.90 Å². The highest BCUT2D eigenvalue weighted by Crippen LogP contribution is 2.25. The summed E-state index contributed by atoms with van der Waals surface area (Å²) in [5.41, 5.74) is 6.73. The molecular formula is C15H20ClFN2O. The van der Waals surface area contributed by atoms with Crippen molar-refractivity contribution in [3.8, 4) is 0 Å². The van der Waals surface area contributed by atoms with Gasteiger partial charge in [0.25, 0.3) is 5.91 Å². The summed E-state index contributed by atoms with van der Waals surface area (Å²) in [4.78, 5) is 14.3. The van der Waals surface area contributed by atoms with Gasteiger partial charge in [-0.3, -0.25) is 4.79 Å². The number of amides is 1. The van der Waals surface area contributed by atoms with Crippen LogP contribution in [0.25, 0.3) is 0 Å². The maximum Gasteiger partial charge on any atom is 0.255 e. The second-order valence-corrected chi connectivity index (χ2v) is 6.00. The number of hydrogen-bond donors (Lipinski definition) is 1. The molecule has 2 atom stereocenters. The van der Waals surface area contributed by atoms with E-state index >= 15 is 0 Å². The molecule has 0 radical (unpaired) electrons. The van der Waals surface area contributed by atoms with E-state index in [1.54, 1.807) is 11.8 Å². The number of benzene rings is 1. The van der Waals surface area contributed by atoms with Gasteiger partial charge in [0, 0.05) is 19.1 Å². The molecule has 0 aliphatic carbocycles. The van der Waals surface area contributed by atoms with E-state index in [4.69, 9.17) is 17.3 Å². The van der Waals surface area contributed by atoms with Gasteiger partial charge >= 0.3 is 0 Å². The molecule has 1 aromatic carbocycles. The first kappa shape index (κ1) is 15.3. The number of aryl methyl sites for hydroxylation is 1. The van der Waals surface area contributed by atoms with Crippen molar-refractivity contribution in [2.45, 2.75) is 32.7 Å². The molecule has 1 aliphatic heterocycles. The lowest BCUT2D eigenvalue weighted by atomic mass is 9.92. The van der Waals surface area contributed by atoms with E-state index in [2.05, 4.69) is 0 Å². The van der Waals surface area contributed by atoms with Gasteiger partial charge in [-0.2, -0.15) is 0 Å². The van der Waals surface area contributed by atoms with Gasteiger partial charge in [0.2, 0.25) is 0 Å². The topological polar surface area (TPSA) is 46.3 Å². The summed E-state index contributed by atoms with van der Waals surface area (Å²) in [5.74, 6) is -0.213. The molecule has 3 nitrogen and oxygen atoms in total. The Morgan fingerprint density at radius 2 is 2.25 bits per heavy atom. The molecule has 110 valence electrons. The molecule has 5 heteroatoms. The quantitative estimate of drug-likeness (QED) is 0.912. The Hall–Kier alpha value is -1.13. The van der Waals surface area contributed by atoms with Crippen molar-refractivity contribution in [2.75, 3.05) is 13.1 Å². The van der Waals surface area contributed by atoms with Gasteiger partial charge in [-0.1, -0.05) is 11.6 Å². The summed E-state index contributed by atoms with van der Waals surface area (Å²) in [6.07, 6.45) is 1.98. The zero-order valence-electron chi connectivity index (χ0n) is 11.8. The SMILES string of the molecule is Cc1cc(C(=O)N2CCC[C@H]([C@H](C)N)C2)c(Cl)cc1F. The number of likely N-dealkylation sites (tertiary alicyclic amines) is 1. The maximum absolute atomic E-state index is 13.4. The number of carbonyl (C=O) groups excluding carboxylic acids is 1. The van der Waals surface area contributed by atoms with E-state index in [9.17, 15) is 9.18 Å². The number of carbonyl (C=O) groups is 1. The van der Waals surface area contributed by atoms with E-state index in [0.717, 1.165) is 12.8 Å². The number of piperidine rings is 1. The van der Waals surface area contributed by atoms with Crippen molar-refractivity contribution in [2.24, 2.45) is 11.7 Å². The zero-order valence-corrected chi connectivity index (χ0v) is 12.6. The highest BCUT2D eigenvalue weighted by Gasteiger charge is 2.27.